The van der Waals surface area contributed by atoms with Gasteiger partial charge >= 0.3 is 0 Å². The van der Waals surface area contributed by atoms with Crippen molar-refractivity contribution in [2.75, 3.05) is 18.9 Å². The molecule has 1 fully saturated rings. The van der Waals surface area contributed by atoms with Gasteiger partial charge in [-0.2, -0.15) is 10.4 Å². The molecule has 1 aliphatic heterocycles. The van der Waals surface area contributed by atoms with Gasteiger partial charge in [0.05, 0.1) is 19.3 Å². The lowest BCUT2D eigenvalue weighted by molar-refractivity contribution is 0.124. The first-order valence-corrected chi connectivity index (χ1v) is 13.0. The van der Waals surface area contributed by atoms with Crippen LogP contribution in [0.25, 0.3) is 11.3 Å². The number of nitrogens with two attached hydrogens (primary N) is 1. The van der Waals surface area contributed by atoms with Crippen molar-refractivity contribution in [3.8, 4) is 17.3 Å². The van der Waals surface area contributed by atoms with E-state index in [4.69, 9.17) is 20.0 Å². The van der Waals surface area contributed by atoms with Gasteiger partial charge < -0.3 is 14.9 Å². The molecule has 2 aromatic rings. The number of anilines is 1. The number of benzene rings is 1. The summed E-state index contributed by atoms with van der Waals surface area (Å²) in [7, 11) is -1.98. The molecule has 28 heavy (non-hydrogen) atoms. The van der Waals surface area contributed by atoms with Crippen molar-refractivity contribution in [1.82, 2.24) is 9.78 Å². The van der Waals surface area contributed by atoms with Gasteiger partial charge in [0.2, 0.25) is 0 Å². The summed E-state index contributed by atoms with van der Waals surface area (Å²) in [6, 6.07) is 9.76. The smallest absolute Gasteiger partial charge is 0.192 e. The monoisotopic (exact) mass is 462 g/mol. The second kappa shape index (κ2) is 7.63. The summed E-state index contributed by atoms with van der Waals surface area (Å²) in [5.41, 5.74) is 8.17. The normalized spacial score (nSPS) is 20.3. The molecular weight excluding hydrogens is 436 g/mol. The highest BCUT2D eigenvalue weighted by Crippen LogP contribution is 2.40. The summed E-state index contributed by atoms with van der Waals surface area (Å²) in [4.78, 5) is 0. The van der Waals surface area contributed by atoms with E-state index in [0.717, 1.165) is 10.0 Å². The third kappa shape index (κ3) is 3.89. The highest BCUT2D eigenvalue weighted by Gasteiger charge is 2.43. The lowest BCUT2D eigenvalue weighted by Gasteiger charge is -2.39. The van der Waals surface area contributed by atoms with Crippen LogP contribution in [-0.4, -0.2) is 37.4 Å². The quantitative estimate of drug-likeness (QED) is 0.663. The van der Waals surface area contributed by atoms with E-state index in [-0.39, 0.29) is 17.2 Å². The molecule has 0 aliphatic carbocycles. The maximum atomic E-state index is 9.68. The first kappa shape index (κ1) is 21.1. The Labute approximate surface area is 175 Å². The Morgan fingerprint density at radius 1 is 1.29 bits per heavy atom. The van der Waals surface area contributed by atoms with E-state index >= 15 is 0 Å². The number of ether oxygens (including phenoxy) is 1. The zero-order valence-electron chi connectivity index (χ0n) is 17.0. The van der Waals surface area contributed by atoms with E-state index in [0.29, 0.717) is 30.3 Å². The largest absolute Gasteiger partial charge is 0.409 e. The summed E-state index contributed by atoms with van der Waals surface area (Å²) in [5.74, 6) is 0.361. The Morgan fingerprint density at radius 2 is 1.93 bits per heavy atom. The number of hydrogen-bond donors (Lipinski definition) is 1. The van der Waals surface area contributed by atoms with E-state index in [1.165, 1.54) is 0 Å². The van der Waals surface area contributed by atoms with Crippen LogP contribution in [0.1, 0.15) is 32.4 Å². The number of hydrogen-bond acceptors (Lipinski definition) is 5. The van der Waals surface area contributed by atoms with Crippen LogP contribution in [0.15, 0.2) is 28.7 Å². The van der Waals surface area contributed by atoms with Crippen LogP contribution >= 0.6 is 15.9 Å². The zero-order valence-corrected chi connectivity index (χ0v) is 19.6. The first-order valence-electron chi connectivity index (χ1n) is 9.35. The molecule has 1 aromatic heterocycles. The van der Waals surface area contributed by atoms with Crippen molar-refractivity contribution in [3.05, 3.63) is 34.3 Å². The van der Waals surface area contributed by atoms with Crippen LogP contribution in [-0.2, 0) is 9.16 Å². The maximum absolute atomic E-state index is 9.68. The van der Waals surface area contributed by atoms with E-state index in [2.05, 4.69) is 55.9 Å². The average Bonchev–Trinajstić information content (AvgIpc) is 3.18. The van der Waals surface area contributed by atoms with Gasteiger partial charge in [0.15, 0.2) is 8.32 Å². The van der Waals surface area contributed by atoms with Gasteiger partial charge in [0.25, 0.3) is 0 Å². The summed E-state index contributed by atoms with van der Waals surface area (Å²) in [6.45, 7) is 12.1. The first-order chi connectivity index (χ1) is 13.0. The molecule has 0 radical (unpaired) electrons. The lowest BCUT2D eigenvalue weighted by atomic mass is 10.1. The zero-order chi connectivity index (χ0) is 20.7. The minimum absolute atomic E-state index is 0.0935. The van der Waals surface area contributed by atoms with Crippen LogP contribution in [0, 0.1) is 11.3 Å². The number of nitriles is 1. The van der Waals surface area contributed by atoms with Crippen molar-refractivity contribution >= 4 is 30.1 Å². The fourth-order valence-electron chi connectivity index (χ4n) is 3.04. The molecule has 6 nitrogen and oxygen atoms in total. The van der Waals surface area contributed by atoms with Crippen LogP contribution in [0.4, 0.5) is 5.82 Å². The predicted octanol–water partition coefficient (Wildman–Crippen LogP) is 4.73. The number of nitrogen functional groups attached to an aromatic ring is 1. The lowest BCUT2D eigenvalue weighted by Crippen LogP contribution is -2.46. The molecule has 2 heterocycles. The molecule has 1 aromatic carbocycles. The molecule has 1 aliphatic rings. The number of aromatic nitrogens is 2. The van der Waals surface area contributed by atoms with Gasteiger partial charge in [-0.3, -0.25) is 0 Å². The summed E-state index contributed by atoms with van der Waals surface area (Å²) in [5, 5.41) is 14.5. The van der Waals surface area contributed by atoms with Crippen molar-refractivity contribution in [2.24, 2.45) is 0 Å². The average molecular weight is 463 g/mol. The molecule has 0 saturated carbocycles. The van der Waals surface area contributed by atoms with E-state index < -0.39 is 8.32 Å². The molecule has 2 N–H and O–H groups in total. The van der Waals surface area contributed by atoms with Crippen LogP contribution in [0.3, 0.4) is 0 Å². The minimum Gasteiger partial charge on any atom is -0.409 e. The number of nitrogens with zero attached hydrogens (tertiary/aromatic N) is 3. The minimum atomic E-state index is -1.98. The molecule has 0 spiro atoms. The Hall–Kier alpha value is -1.66. The second-order valence-corrected chi connectivity index (χ2v) is 14.4. The topological polar surface area (TPSA) is 86.1 Å². The van der Waals surface area contributed by atoms with Gasteiger partial charge in [0.1, 0.15) is 29.2 Å². The van der Waals surface area contributed by atoms with Crippen molar-refractivity contribution < 1.29 is 9.16 Å². The van der Waals surface area contributed by atoms with Gasteiger partial charge in [-0.05, 0) is 30.3 Å². The van der Waals surface area contributed by atoms with E-state index in [1.54, 1.807) is 4.68 Å². The van der Waals surface area contributed by atoms with Gasteiger partial charge in [-0.1, -0.05) is 48.8 Å². The highest BCUT2D eigenvalue weighted by molar-refractivity contribution is 9.10. The second-order valence-electron chi connectivity index (χ2n) is 8.69. The Bertz CT molecular complexity index is 897. The number of halogens is 1. The SMILES string of the molecule is CC(C)(C)[Si](C)(C)OC1COCC1n1nc(-c2ccc(Br)cc2)c(C#N)c1N. The summed E-state index contributed by atoms with van der Waals surface area (Å²) >= 11 is 3.43. The Kier molecular flexibility index (Phi) is 5.74. The third-order valence-electron chi connectivity index (χ3n) is 5.74. The molecule has 8 heteroatoms. The number of rotatable bonds is 4. The predicted molar refractivity (Wildman–Crippen MR) is 116 cm³/mol. The van der Waals surface area contributed by atoms with Crippen LogP contribution < -0.4 is 5.73 Å². The summed E-state index contributed by atoms with van der Waals surface area (Å²) in [6.07, 6.45) is -0.132. The van der Waals surface area contributed by atoms with Gasteiger partial charge in [-0.25, -0.2) is 4.68 Å². The van der Waals surface area contributed by atoms with Crippen molar-refractivity contribution in [2.45, 2.75) is 51.0 Å². The van der Waals surface area contributed by atoms with Crippen LogP contribution in [0.2, 0.25) is 18.1 Å². The van der Waals surface area contributed by atoms with Crippen molar-refractivity contribution in [1.29, 1.82) is 5.26 Å². The Morgan fingerprint density at radius 3 is 2.50 bits per heavy atom. The fraction of sp³-hybridized carbons (Fsp3) is 0.500. The standard InChI is InChI=1S/C20H27BrN4O2Si/c1-20(2,3)28(4,5)27-17-12-26-11-16(17)25-19(23)15(10-22)18(24-25)13-6-8-14(21)9-7-13/h6-9,16-17H,11-12,23H2,1-5H3. The van der Waals surface area contributed by atoms with Crippen LogP contribution in [0.5, 0.6) is 0 Å². The van der Waals surface area contributed by atoms with E-state index in [1.807, 2.05) is 24.3 Å². The molecule has 1 saturated heterocycles. The molecule has 0 bridgehead atoms. The van der Waals surface area contributed by atoms with Crippen molar-refractivity contribution in [3.63, 3.8) is 0 Å². The third-order valence-corrected chi connectivity index (χ3v) is 10.8. The molecule has 3 rings (SSSR count). The highest BCUT2D eigenvalue weighted by atomic mass is 79.9. The molecule has 150 valence electrons. The van der Waals surface area contributed by atoms with E-state index in [9.17, 15) is 5.26 Å². The maximum Gasteiger partial charge on any atom is 0.192 e. The molecule has 0 amide bonds. The Balaban J connectivity index is 1.97. The molecular formula is C20H27BrN4O2Si. The molecule has 2 atom stereocenters. The molecule has 2 unspecified atom stereocenters. The van der Waals surface area contributed by atoms with Gasteiger partial charge in [-0.15, -0.1) is 0 Å². The fourth-order valence-corrected chi connectivity index (χ4v) is 4.64. The van der Waals surface area contributed by atoms with Gasteiger partial charge in [0, 0.05) is 10.0 Å². The summed E-state index contributed by atoms with van der Waals surface area (Å²) < 4.78 is 15.0.